The summed E-state index contributed by atoms with van der Waals surface area (Å²) in [6.07, 6.45) is 6.22. The van der Waals surface area contributed by atoms with Crippen molar-refractivity contribution in [3.8, 4) is 11.4 Å². The summed E-state index contributed by atoms with van der Waals surface area (Å²) >= 11 is 5.97. The van der Waals surface area contributed by atoms with Crippen molar-refractivity contribution in [1.29, 1.82) is 0 Å². The molecule has 1 atom stereocenters. The van der Waals surface area contributed by atoms with Crippen molar-refractivity contribution in [3.05, 3.63) is 71.1 Å². The molecule has 4 aromatic rings. The molecule has 0 saturated heterocycles. The number of anilines is 1. The van der Waals surface area contributed by atoms with Crippen LogP contribution in [0, 0.1) is 11.7 Å². The minimum Gasteiger partial charge on any atom is -0.352 e. The molecule has 2 heterocycles. The lowest BCUT2D eigenvalue weighted by molar-refractivity contribution is 0.301. The standard InChI is InChI=1S/C25H25ClFN5/c1-15(29-25-30-24(31-32-25)18-6-8-19(26)9-7-18)16-2-4-17(5-3-16)21-12-13-28-23-11-10-20(27)14-22(21)23/h6-17H,2-5H2,1H3,(H2,29,30,31,32)/t15-,16?,17?/m1/s1. The third-order valence-electron chi connectivity index (χ3n) is 6.62. The zero-order valence-electron chi connectivity index (χ0n) is 17.9. The summed E-state index contributed by atoms with van der Waals surface area (Å²) in [4.78, 5) is 7.66. The fourth-order valence-electron chi connectivity index (χ4n) is 4.82. The molecule has 2 N–H and O–H groups in total. The second-order valence-electron chi connectivity index (χ2n) is 8.64. The van der Waals surface area contributed by atoms with Crippen LogP contribution in [0.2, 0.25) is 5.02 Å². The van der Waals surface area contributed by atoms with Crippen LogP contribution in [0.1, 0.15) is 44.1 Å². The van der Waals surface area contributed by atoms with Gasteiger partial charge in [-0.3, -0.25) is 4.98 Å². The van der Waals surface area contributed by atoms with E-state index in [2.05, 4.69) is 38.5 Å². The van der Waals surface area contributed by atoms with Crippen molar-refractivity contribution in [2.75, 3.05) is 5.32 Å². The first-order valence-corrected chi connectivity index (χ1v) is 11.4. The molecule has 2 aromatic heterocycles. The van der Waals surface area contributed by atoms with Crippen molar-refractivity contribution >= 4 is 28.5 Å². The summed E-state index contributed by atoms with van der Waals surface area (Å²) in [7, 11) is 0. The second kappa shape index (κ2) is 8.87. The molecule has 1 saturated carbocycles. The fourth-order valence-corrected chi connectivity index (χ4v) is 4.95. The zero-order chi connectivity index (χ0) is 22.1. The van der Waals surface area contributed by atoms with Crippen LogP contribution in [-0.4, -0.2) is 26.2 Å². The Morgan fingerprint density at radius 1 is 1.03 bits per heavy atom. The molecule has 0 amide bonds. The molecule has 5 rings (SSSR count). The molecule has 2 aromatic carbocycles. The SMILES string of the molecule is C[C@@H](Nc1nnc(-c2ccc(Cl)cc2)[nH]1)C1CCC(c2ccnc3ccc(F)cc23)CC1. The number of hydrogen-bond donors (Lipinski definition) is 2. The summed E-state index contributed by atoms with van der Waals surface area (Å²) in [5.41, 5.74) is 3.03. The van der Waals surface area contributed by atoms with E-state index in [9.17, 15) is 4.39 Å². The Labute approximate surface area is 191 Å². The summed E-state index contributed by atoms with van der Waals surface area (Å²) in [6, 6.07) is 14.7. The molecule has 0 spiro atoms. The predicted molar refractivity (Wildman–Crippen MR) is 126 cm³/mol. The first kappa shape index (κ1) is 20.9. The Kier molecular flexibility index (Phi) is 5.79. The van der Waals surface area contributed by atoms with Gasteiger partial charge in [-0.05, 0) is 98.5 Å². The van der Waals surface area contributed by atoms with Crippen molar-refractivity contribution in [1.82, 2.24) is 20.2 Å². The number of nitrogens with zero attached hydrogens (tertiary/aromatic N) is 3. The number of nitrogens with one attached hydrogen (secondary N) is 2. The molecule has 5 nitrogen and oxygen atoms in total. The highest BCUT2D eigenvalue weighted by Crippen LogP contribution is 2.39. The summed E-state index contributed by atoms with van der Waals surface area (Å²) in [6.45, 7) is 2.20. The monoisotopic (exact) mass is 449 g/mol. The van der Waals surface area contributed by atoms with Crippen LogP contribution in [0.25, 0.3) is 22.3 Å². The molecule has 1 aliphatic rings. The van der Waals surface area contributed by atoms with E-state index in [1.807, 2.05) is 30.5 Å². The number of halogens is 2. The largest absolute Gasteiger partial charge is 0.352 e. The normalized spacial score (nSPS) is 19.7. The predicted octanol–water partition coefficient (Wildman–Crippen LogP) is 6.59. The summed E-state index contributed by atoms with van der Waals surface area (Å²) < 4.78 is 13.8. The Bertz CT molecular complexity index is 1210. The van der Waals surface area contributed by atoms with Crippen LogP contribution in [0.4, 0.5) is 10.3 Å². The number of aromatic nitrogens is 4. The summed E-state index contributed by atoms with van der Waals surface area (Å²) in [5, 5.41) is 13.6. The minimum atomic E-state index is -0.205. The van der Waals surface area contributed by atoms with Gasteiger partial charge in [-0.1, -0.05) is 11.6 Å². The summed E-state index contributed by atoms with van der Waals surface area (Å²) in [5.74, 6) is 2.17. The van der Waals surface area contributed by atoms with Crippen molar-refractivity contribution in [2.24, 2.45) is 5.92 Å². The zero-order valence-corrected chi connectivity index (χ0v) is 18.6. The maximum atomic E-state index is 13.8. The number of aromatic amines is 1. The number of H-pyrrole nitrogens is 1. The minimum absolute atomic E-state index is 0.205. The topological polar surface area (TPSA) is 66.5 Å². The van der Waals surface area contributed by atoms with Gasteiger partial charge in [0.05, 0.1) is 5.52 Å². The molecule has 0 bridgehead atoms. The lowest BCUT2D eigenvalue weighted by Crippen LogP contribution is -2.29. The Morgan fingerprint density at radius 2 is 1.81 bits per heavy atom. The van der Waals surface area contributed by atoms with Gasteiger partial charge in [0.2, 0.25) is 5.95 Å². The number of hydrogen-bond acceptors (Lipinski definition) is 4. The van der Waals surface area contributed by atoms with E-state index >= 15 is 0 Å². The molecule has 0 radical (unpaired) electrons. The molecule has 1 fully saturated rings. The van der Waals surface area contributed by atoms with Gasteiger partial charge < -0.3 is 10.3 Å². The van der Waals surface area contributed by atoms with E-state index < -0.39 is 0 Å². The van der Waals surface area contributed by atoms with E-state index in [1.165, 1.54) is 11.6 Å². The highest BCUT2D eigenvalue weighted by Gasteiger charge is 2.27. The average Bonchev–Trinajstić information content (AvgIpc) is 3.27. The van der Waals surface area contributed by atoms with Crippen molar-refractivity contribution in [2.45, 2.75) is 44.6 Å². The van der Waals surface area contributed by atoms with E-state index in [4.69, 9.17) is 11.6 Å². The number of fused-ring (bicyclic) bond motifs is 1. The van der Waals surface area contributed by atoms with Crippen LogP contribution >= 0.6 is 11.6 Å². The third kappa shape index (κ3) is 4.32. The van der Waals surface area contributed by atoms with Gasteiger partial charge in [-0.2, -0.15) is 0 Å². The van der Waals surface area contributed by atoms with Gasteiger partial charge in [0.15, 0.2) is 5.82 Å². The first-order chi connectivity index (χ1) is 15.6. The molecule has 0 unspecified atom stereocenters. The van der Waals surface area contributed by atoms with Crippen LogP contribution in [0.15, 0.2) is 54.7 Å². The lowest BCUT2D eigenvalue weighted by Gasteiger charge is -2.33. The van der Waals surface area contributed by atoms with E-state index in [0.717, 1.165) is 48.0 Å². The van der Waals surface area contributed by atoms with Gasteiger partial charge >= 0.3 is 0 Å². The fraction of sp³-hybridized carbons (Fsp3) is 0.320. The number of pyridine rings is 1. The second-order valence-corrected chi connectivity index (χ2v) is 9.07. The Balaban J connectivity index is 1.22. The van der Waals surface area contributed by atoms with E-state index in [0.29, 0.717) is 22.8 Å². The van der Waals surface area contributed by atoms with E-state index in [-0.39, 0.29) is 11.9 Å². The van der Waals surface area contributed by atoms with Crippen LogP contribution in [0.3, 0.4) is 0 Å². The Hall–Kier alpha value is -2.99. The first-order valence-electron chi connectivity index (χ1n) is 11.1. The molecule has 32 heavy (non-hydrogen) atoms. The maximum absolute atomic E-state index is 13.8. The smallest absolute Gasteiger partial charge is 0.222 e. The maximum Gasteiger partial charge on any atom is 0.222 e. The van der Waals surface area contributed by atoms with Gasteiger partial charge in [-0.25, -0.2) is 4.39 Å². The molecule has 0 aliphatic heterocycles. The van der Waals surface area contributed by atoms with Gasteiger partial charge in [0.1, 0.15) is 5.82 Å². The quantitative estimate of drug-likeness (QED) is 0.361. The average molecular weight is 450 g/mol. The highest BCUT2D eigenvalue weighted by molar-refractivity contribution is 6.30. The molecular formula is C25H25ClFN5. The lowest BCUT2D eigenvalue weighted by atomic mass is 9.75. The number of rotatable bonds is 5. The van der Waals surface area contributed by atoms with Crippen LogP contribution in [-0.2, 0) is 0 Å². The third-order valence-corrected chi connectivity index (χ3v) is 6.88. The van der Waals surface area contributed by atoms with Crippen molar-refractivity contribution in [3.63, 3.8) is 0 Å². The molecule has 7 heteroatoms. The van der Waals surface area contributed by atoms with Crippen LogP contribution < -0.4 is 5.32 Å². The highest BCUT2D eigenvalue weighted by atomic mass is 35.5. The number of benzene rings is 2. The van der Waals surface area contributed by atoms with Crippen molar-refractivity contribution < 1.29 is 4.39 Å². The molecule has 164 valence electrons. The van der Waals surface area contributed by atoms with Gasteiger partial charge in [-0.15, -0.1) is 10.2 Å². The molecule has 1 aliphatic carbocycles. The van der Waals surface area contributed by atoms with Gasteiger partial charge in [0, 0.05) is 28.2 Å². The van der Waals surface area contributed by atoms with Crippen LogP contribution in [0.5, 0.6) is 0 Å². The Morgan fingerprint density at radius 3 is 2.59 bits per heavy atom. The van der Waals surface area contributed by atoms with Gasteiger partial charge in [0.25, 0.3) is 0 Å². The molecular weight excluding hydrogens is 425 g/mol. The van der Waals surface area contributed by atoms with E-state index in [1.54, 1.807) is 12.1 Å².